The van der Waals surface area contributed by atoms with Crippen LogP contribution in [-0.2, 0) is 28.8 Å². The molecule has 1 aromatic heterocycles. The zero-order valence-electron chi connectivity index (χ0n) is 28.6. The number of carbonyl (C=O) groups is 2. The van der Waals surface area contributed by atoms with E-state index in [9.17, 15) is 14.7 Å². The predicted molar refractivity (Wildman–Crippen MR) is 190 cm³/mol. The second-order valence-corrected chi connectivity index (χ2v) is 12.1. The fraction of sp³-hybridized carbons (Fsp3) is 0.415. The normalized spacial score (nSPS) is 11.5. The summed E-state index contributed by atoms with van der Waals surface area (Å²) in [6.45, 7) is 4.92. The zero-order chi connectivity index (χ0) is 34.1. The summed E-state index contributed by atoms with van der Waals surface area (Å²) in [5.74, 6) is 7.05. The van der Waals surface area contributed by atoms with E-state index in [1.54, 1.807) is 7.11 Å². The van der Waals surface area contributed by atoms with E-state index in [0.717, 1.165) is 61.0 Å². The summed E-state index contributed by atoms with van der Waals surface area (Å²) in [6, 6.07) is 21.6. The predicted octanol–water partition coefficient (Wildman–Crippen LogP) is 7.94. The highest BCUT2D eigenvalue weighted by Gasteiger charge is 2.26. The number of unbranched alkanes of at least 4 members (excludes halogenated alkanes) is 3. The maximum absolute atomic E-state index is 13.8. The van der Waals surface area contributed by atoms with E-state index in [1.807, 2.05) is 66.7 Å². The molecule has 0 bridgehead atoms. The highest BCUT2D eigenvalue weighted by Crippen LogP contribution is 2.33. The van der Waals surface area contributed by atoms with Crippen LogP contribution in [0.5, 0.6) is 5.75 Å². The van der Waals surface area contributed by atoms with E-state index in [-0.39, 0.29) is 19.1 Å². The first-order valence-electron chi connectivity index (χ1n) is 17.3. The van der Waals surface area contributed by atoms with Gasteiger partial charge in [0.05, 0.1) is 25.2 Å². The van der Waals surface area contributed by atoms with Gasteiger partial charge in [-0.05, 0) is 79.5 Å². The lowest BCUT2D eigenvalue weighted by molar-refractivity contribution is -0.122. The molecule has 1 unspecified atom stereocenters. The molecule has 0 fully saturated rings. The van der Waals surface area contributed by atoms with E-state index >= 15 is 0 Å². The molecule has 1 amide bonds. The summed E-state index contributed by atoms with van der Waals surface area (Å²) in [7, 11) is 1.65. The van der Waals surface area contributed by atoms with Crippen LogP contribution in [0.4, 0.5) is 0 Å². The van der Waals surface area contributed by atoms with Gasteiger partial charge in [0.25, 0.3) is 0 Å². The molecule has 4 aromatic rings. The van der Waals surface area contributed by atoms with Crippen molar-refractivity contribution in [2.45, 2.75) is 84.0 Å². The second kappa shape index (κ2) is 19.3. The summed E-state index contributed by atoms with van der Waals surface area (Å²) < 4.78 is 17.6. The summed E-state index contributed by atoms with van der Waals surface area (Å²) >= 11 is 0. The summed E-state index contributed by atoms with van der Waals surface area (Å²) in [5, 5.41) is 12.9. The molecule has 48 heavy (non-hydrogen) atoms. The van der Waals surface area contributed by atoms with Gasteiger partial charge < -0.3 is 24.3 Å². The highest BCUT2D eigenvalue weighted by molar-refractivity contribution is 6.06. The minimum absolute atomic E-state index is 0.00816. The lowest BCUT2D eigenvalue weighted by atomic mass is 9.89. The van der Waals surface area contributed by atoms with Crippen LogP contribution in [-0.4, -0.2) is 43.9 Å². The molecule has 7 nitrogen and oxygen atoms in total. The van der Waals surface area contributed by atoms with Crippen molar-refractivity contribution < 1.29 is 28.6 Å². The number of aliphatic hydroxyl groups excluding tert-OH is 1. The zero-order valence-corrected chi connectivity index (χ0v) is 28.6. The van der Waals surface area contributed by atoms with Crippen molar-refractivity contribution in [2.75, 3.05) is 26.9 Å². The van der Waals surface area contributed by atoms with Crippen LogP contribution in [0.3, 0.4) is 0 Å². The van der Waals surface area contributed by atoms with Crippen molar-refractivity contribution in [3.8, 4) is 17.6 Å². The standard InChI is InChI=1S/C41H49NO6/c1-4-6-8-10-18-33-27-31(28-35(32-16-11-9-12-17-32)40(44)42-24-14-25-43)29-36-38(37(19-7-5-2)48-39(33)36)41(45)47-26-13-15-30-20-22-34(46-3)23-21-30/h9,11-12,16-17,20-23,27,29,35,43H,4-8,13-15,19,24-26,28H2,1-3H3,(H,42,44). The summed E-state index contributed by atoms with van der Waals surface area (Å²) in [4.78, 5) is 27.3. The van der Waals surface area contributed by atoms with Crippen molar-refractivity contribution in [3.05, 3.63) is 100 Å². The van der Waals surface area contributed by atoms with Crippen LogP contribution in [0.25, 0.3) is 11.0 Å². The number of fused-ring (bicyclic) bond motifs is 1. The number of amides is 1. The van der Waals surface area contributed by atoms with E-state index in [2.05, 4.69) is 31.0 Å². The number of hydrogen-bond donors (Lipinski definition) is 2. The molecular formula is C41H49NO6. The number of aliphatic hydroxyl groups is 1. The molecule has 1 atom stereocenters. The maximum Gasteiger partial charge on any atom is 0.342 e. The number of ether oxygens (including phenoxy) is 2. The minimum atomic E-state index is -0.469. The number of aryl methyl sites for hydroxylation is 2. The van der Waals surface area contributed by atoms with Crippen LogP contribution in [0, 0.1) is 11.8 Å². The number of hydrogen-bond acceptors (Lipinski definition) is 6. The molecule has 1 heterocycles. The Hall–Kier alpha value is -4.54. The fourth-order valence-corrected chi connectivity index (χ4v) is 5.68. The van der Waals surface area contributed by atoms with Gasteiger partial charge in [0.15, 0.2) is 5.58 Å². The first-order chi connectivity index (χ1) is 23.5. The third kappa shape index (κ3) is 10.2. The number of carbonyl (C=O) groups excluding carboxylic acids is 2. The van der Waals surface area contributed by atoms with Crippen molar-refractivity contribution in [1.29, 1.82) is 0 Å². The maximum atomic E-state index is 13.8. The smallest absolute Gasteiger partial charge is 0.342 e. The lowest BCUT2D eigenvalue weighted by Crippen LogP contribution is -2.31. The van der Waals surface area contributed by atoms with Crippen LogP contribution < -0.4 is 10.1 Å². The van der Waals surface area contributed by atoms with Crippen LogP contribution in [0.1, 0.15) is 103 Å². The van der Waals surface area contributed by atoms with Gasteiger partial charge >= 0.3 is 5.97 Å². The van der Waals surface area contributed by atoms with Gasteiger partial charge in [0.2, 0.25) is 5.91 Å². The highest BCUT2D eigenvalue weighted by atomic mass is 16.5. The number of methoxy groups -OCH3 is 1. The lowest BCUT2D eigenvalue weighted by Gasteiger charge is -2.18. The Balaban J connectivity index is 1.69. The molecule has 254 valence electrons. The monoisotopic (exact) mass is 651 g/mol. The Bertz CT molecular complexity index is 1660. The number of rotatable bonds is 18. The van der Waals surface area contributed by atoms with Gasteiger partial charge in [-0.3, -0.25) is 4.79 Å². The third-order valence-corrected chi connectivity index (χ3v) is 8.36. The number of benzene rings is 3. The molecule has 0 aliphatic heterocycles. The van der Waals surface area contributed by atoms with E-state index < -0.39 is 11.9 Å². The second-order valence-electron chi connectivity index (χ2n) is 12.1. The van der Waals surface area contributed by atoms with Crippen molar-refractivity contribution in [2.24, 2.45) is 0 Å². The molecule has 0 saturated carbocycles. The molecule has 0 saturated heterocycles. The van der Waals surface area contributed by atoms with Crippen LogP contribution >= 0.6 is 0 Å². The molecule has 4 rings (SSSR count). The van der Waals surface area contributed by atoms with Gasteiger partial charge in [-0.25, -0.2) is 4.79 Å². The topological polar surface area (TPSA) is 98.0 Å². The SMILES string of the molecule is CCCCC#Cc1cc(CC(C(=O)NCCCO)c2ccccc2)cc2c(C(=O)OCCCc3ccc(OC)cc3)c(CCCC)oc12. The molecule has 0 aliphatic carbocycles. The van der Waals surface area contributed by atoms with Crippen molar-refractivity contribution >= 4 is 22.8 Å². The molecular weight excluding hydrogens is 602 g/mol. The van der Waals surface area contributed by atoms with Gasteiger partial charge in [0, 0.05) is 31.4 Å². The van der Waals surface area contributed by atoms with E-state index in [1.165, 1.54) is 0 Å². The number of esters is 1. The molecule has 7 heteroatoms. The average molecular weight is 652 g/mol. The number of furan rings is 1. The Morgan fingerprint density at radius 1 is 0.917 bits per heavy atom. The van der Waals surface area contributed by atoms with Gasteiger partial charge in [-0.2, -0.15) is 0 Å². The quantitative estimate of drug-likeness (QED) is 0.0644. The van der Waals surface area contributed by atoms with Crippen molar-refractivity contribution in [3.63, 3.8) is 0 Å². The largest absolute Gasteiger partial charge is 0.497 e. The Labute approximate surface area is 285 Å². The van der Waals surface area contributed by atoms with Gasteiger partial charge in [-0.15, -0.1) is 0 Å². The van der Waals surface area contributed by atoms with Gasteiger partial charge in [-0.1, -0.05) is 81.0 Å². The first kappa shape index (κ1) is 36.3. The van der Waals surface area contributed by atoms with E-state index in [4.69, 9.17) is 13.9 Å². The molecule has 0 aliphatic rings. The van der Waals surface area contributed by atoms with Crippen LogP contribution in [0.2, 0.25) is 0 Å². The van der Waals surface area contributed by atoms with E-state index in [0.29, 0.717) is 60.1 Å². The first-order valence-corrected chi connectivity index (χ1v) is 17.3. The van der Waals surface area contributed by atoms with Gasteiger partial charge in [0.1, 0.15) is 17.1 Å². The molecule has 0 radical (unpaired) electrons. The third-order valence-electron chi connectivity index (χ3n) is 8.36. The minimum Gasteiger partial charge on any atom is -0.497 e. The molecule has 0 spiro atoms. The summed E-state index contributed by atoms with van der Waals surface area (Å²) in [6.07, 6.45) is 7.57. The summed E-state index contributed by atoms with van der Waals surface area (Å²) in [5.41, 5.74) is 4.66. The average Bonchev–Trinajstić information content (AvgIpc) is 3.49. The Morgan fingerprint density at radius 3 is 2.40 bits per heavy atom. The van der Waals surface area contributed by atoms with Crippen LogP contribution in [0.15, 0.2) is 71.1 Å². The molecule has 3 aromatic carbocycles. The number of nitrogens with one attached hydrogen (secondary N) is 1. The Morgan fingerprint density at radius 2 is 1.69 bits per heavy atom. The van der Waals surface area contributed by atoms with Crippen molar-refractivity contribution in [1.82, 2.24) is 5.32 Å². The molecule has 2 N–H and O–H groups in total. The fourth-order valence-electron chi connectivity index (χ4n) is 5.68. The Kier molecular flexibility index (Phi) is 14.6.